The standard InChI is InChI=1S/C11H17N3OS3/c1-5-14(6-8(2)3)9(15)7-17-11-13-12-10(16-4)18-11/h2,5-7H2,1,3-4H3. The molecule has 0 fully saturated rings. The summed E-state index contributed by atoms with van der Waals surface area (Å²) >= 11 is 4.54. The van der Waals surface area contributed by atoms with Gasteiger partial charge in [0.2, 0.25) is 5.91 Å². The summed E-state index contributed by atoms with van der Waals surface area (Å²) in [6, 6.07) is 0. The van der Waals surface area contributed by atoms with E-state index in [9.17, 15) is 4.79 Å². The molecule has 100 valence electrons. The fourth-order valence-corrected chi connectivity index (χ4v) is 3.60. The van der Waals surface area contributed by atoms with E-state index in [1.165, 1.54) is 23.1 Å². The first-order valence-corrected chi connectivity index (χ1v) is 8.52. The molecule has 0 aliphatic carbocycles. The molecule has 1 amide bonds. The van der Waals surface area contributed by atoms with Gasteiger partial charge in [-0.25, -0.2) is 0 Å². The van der Waals surface area contributed by atoms with Crippen molar-refractivity contribution in [2.24, 2.45) is 0 Å². The van der Waals surface area contributed by atoms with E-state index in [0.29, 0.717) is 18.8 Å². The summed E-state index contributed by atoms with van der Waals surface area (Å²) in [4.78, 5) is 13.8. The zero-order chi connectivity index (χ0) is 13.5. The highest BCUT2D eigenvalue weighted by molar-refractivity contribution is 8.03. The van der Waals surface area contributed by atoms with Gasteiger partial charge in [0.1, 0.15) is 0 Å². The third-order valence-corrected chi connectivity index (χ3v) is 5.09. The van der Waals surface area contributed by atoms with E-state index in [-0.39, 0.29) is 5.91 Å². The average Bonchev–Trinajstić information content (AvgIpc) is 2.80. The molecule has 1 aromatic rings. The first-order valence-electron chi connectivity index (χ1n) is 5.49. The molecule has 1 rings (SSSR count). The number of nitrogens with zero attached hydrogens (tertiary/aromatic N) is 3. The van der Waals surface area contributed by atoms with Crippen LogP contribution in [0, 0.1) is 0 Å². The molecular weight excluding hydrogens is 286 g/mol. The molecule has 0 aliphatic rings. The van der Waals surface area contributed by atoms with Gasteiger partial charge in [-0.2, -0.15) is 0 Å². The lowest BCUT2D eigenvalue weighted by molar-refractivity contribution is -0.127. The van der Waals surface area contributed by atoms with Crippen LogP contribution in [-0.2, 0) is 4.79 Å². The summed E-state index contributed by atoms with van der Waals surface area (Å²) in [7, 11) is 0. The van der Waals surface area contributed by atoms with Gasteiger partial charge in [0.25, 0.3) is 0 Å². The normalized spacial score (nSPS) is 10.4. The van der Waals surface area contributed by atoms with Crippen LogP contribution in [-0.4, -0.2) is 46.1 Å². The van der Waals surface area contributed by atoms with Crippen molar-refractivity contribution < 1.29 is 4.79 Å². The molecule has 0 radical (unpaired) electrons. The Labute approximate surface area is 120 Å². The lowest BCUT2D eigenvalue weighted by Gasteiger charge is -2.20. The molecule has 1 heterocycles. The van der Waals surface area contributed by atoms with Crippen LogP contribution in [0.15, 0.2) is 20.8 Å². The highest BCUT2D eigenvalue weighted by Crippen LogP contribution is 2.27. The van der Waals surface area contributed by atoms with Crippen LogP contribution in [0.5, 0.6) is 0 Å². The molecular formula is C11H17N3OS3. The molecule has 4 nitrogen and oxygen atoms in total. The maximum atomic E-state index is 12.0. The van der Waals surface area contributed by atoms with Crippen molar-refractivity contribution >= 4 is 40.8 Å². The van der Waals surface area contributed by atoms with E-state index in [4.69, 9.17) is 0 Å². The van der Waals surface area contributed by atoms with Gasteiger partial charge in [0.05, 0.1) is 5.75 Å². The minimum absolute atomic E-state index is 0.117. The Morgan fingerprint density at radius 2 is 2.11 bits per heavy atom. The van der Waals surface area contributed by atoms with E-state index in [1.54, 1.807) is 16.7 Å². The molecule has 18 heavy (non-hydrogen) atoms. The van der Waals surface area contributed by atoms with Crippen LogP contribution in [0.3, 0.4) is 0 Å². The number of likely N-dealkylation sites (N-methyl/N-ethyl adjacent to an activating group) is 1. The predicted molar refractivity (Wildman–Crippen MR) is 79.5 cm³/mol. The van der Waals surface area contributed by atoms with E-state index >= 15 is 0 Å². The third-order valence-electron chi connectivity index (χ3n) is 2.08. The third kappa shape index (κ3) is 4.99. The Bertz CT molecular complexity index is 419. The Morgan fingerprint density at radius 3 is 2.61 bits per heavy atom. The second-order valence-corrected chi connectivity index (χ2v) is 6.95. The zero-order valence-electron chi connectivity index (χ0n) is 10.8. The van der Waals surface area contributed by atoms with Gasteiger partial charge >= 0.3 is 0 Å². The largest absolute Gasteiger partial charge is 0.338 e. The lowest BCUT2D eigenvalue weighted by Crippen LogP contribution is -2.33. The number of hydrogen-bond acceptors (Lipinski definition) is 6. The van der Waals surface area contributed by atoms with Crippen molar-refractivity contribution in [3.05, 3.63) is 12.2 Å². The van der Waals surface area contributed by atoms with Gasteiger partial charge in [0, 0.05) is 13.1 Å². The van der Waals surface area contributed by atoms with Gasteiger partial charge in [-0.15, -0.1) is 10.2 Å². The summed E-state index contributed by atoms with van der Waals surface area (Å²) in [6.07, 6.45) is 1.96. The summed E-state index contributed by atoms with van der Waals surface area (Å²) in [5.74, 6) is 0.524. The molecule has 0 N–H and O–H groups in total. The maximum Gasteiger partial charge on any atom is 0.233 e. The van der Waals surface area contributed by atoms with Gasteiger partial charge in [-0.3, -0.25) is 4.79 Å². The predicted octanol–water partition coefficient (Wildman–Crippen LogP) is 2.78. The number of carbonyl (C=O) groups is 1. The molecule has 7 heteroatoms. The Morgan fingerprint density at radius 1 is 1.44 bits per heavy atom. The molecule has 0 aliphatic heterocycles. The van der Waals surface area contributed by atoms with Crippen LogP contribution in [0.25, 0.3) is 0 Å². The van der Waals surface area contributed by atoms with Crippen molar-refractivity contribution in [1.82, 2.24) is 15.1 Å². The van der Waals surface area contributed by atoms with Crippen LogP contribution < -0.4 is 0 Å². The fraction of sp³-hybridized carbons (Fsp3) is 0.545. The number of hydrogen-bond donors (Lipinski definition) is 0. The van der Waals surface area contributed by atoms with Crippen LogP contribution in [0.1, 0.15) is 13.8 Å². The van der Waals surface area contributed by atoms with Gasteiger partial charge in [-0.1, -0.05) is 47.0 Å². The summed E-state index contributed by atoms with van der Waals surface area (Å²) in [6.45, 7) is 9.07. The number of thioether (sulfide) groups is 2. The first-order chi connectivity index (χ1) is 8.56. The van der Waals surface area contributed by atoms with Crippen molar-refractivity contribution in [3.63, 3.8) is 0 Å². The average molecular weight is 303 g/mol. The molecule has 0 saturated heterocycles. The second kappa shape index (κ2) is 7.81. The smallest absolute Gasteiger partial charge is 0.233 e. The van der Waals surface area contributed by atoms with Crippen molar-refractivity contribution in [2.75, 3.05) is 25.1 Å². The molecule has 0 unspecified atom stereocenters. The monoisotopic (exact) mass is 303 g/mol. The van der Waals surface area contributed by atoms with Crippen molar-refractivity contribution in [2.45, 2.75) is 22.5 Å². The number of rotatable bonds is 7. The minimum Gasteiger partial charge on any atom is -0.338 e. The number of carbonyl (C=O) groups excluding carboxylic acids is 1. The van der Waals surface area contributed by atoms with Gasteiger partial charge < -0.3 is 4.90 Å². The van der Waals surface area contributed by atoms with E-state index < -0.39 is 0 Å². The minimum atomic E-state index is 0.117. The molecule has 0 spiro atoms. The summed E-state index contributed by atoms with van der Waals surface area (Å²) in [5.41, 5.74) is 0.996. The maximum absolute atomic E-state index is 12.0. The Balaban J connectivity index is 2.46. The van der Waals surface area contributed by atoms with Crippen LogP contribution in [0.4, 0.5) is 0 Å². The lowest BCUT2D eigenvalue weighted by atomic mass is 10.3. The molecule has 0 bridgehead atoms. The molecule has 0 aromatic carbocycles. The van der Waals surface area contributed by atoms with Gasteiger partial charge in [-0.05, 0) is 20.1 Å². The highest BCUT2D eigenvalue weighted by Gasteiger charge is 2.13. The molecule has 0 saturated carbocycles. The SMILES string of the molecule is C=C(C)CN(CC)C(=O)CSc1nnc(SC)s1. The number of amides is 1. The second-order valence-electron chi connectivity index (χ2n) is 3.69. The van der Waals surface area contributed by atoms with E-state index in [0.717, 1.165) is 14.3 Å². The Kier molecular flexibility index (Phi) is 6.73. The molecule has 1 aromatic heterocycles. The summed E-state index contributed by atoms with van der Waals surface area (Å²) in [5, 5.41) is 8.03. The quantitative estimate of drug-likeness (QED) is 0.572. The fourth-order valence-electron chi connectivity index (χ4n) is 1.25. The van der Waals surface area contributed by atoms with E-state index in [2.05, 4.69) is 16.8 Å². The van der Waals surface area contributed by atoms with Crippen molar-refractivity contribution in [3.8, 4) is 0 Å². The van der Waals surface area contributed by atoms with Crippen molar-refractivity contribution in [1.29, 1.82) is 0 Å². The zero-order valence-corrected chi connectivity index (χ0v) is 13.3. The first kappa shape index (κ1) is 15.5. The topological polar surface area (TPSA) is 46.1 Å². The van der Waals surface area contributed by atoms with Gasteiger partial charge in [0.15, 0.2) is 8.68 Å². The number of aromatic nitrogens is 2. The Hall–Kier alpha value is -0.530. The highest BCUT2D eigenvalue weighted by atomic mass is 32.2. The van der Waals surface area contributed by atoms with Crippen LogP contribution in [0.2, 0.25) is 0 Å². The summed E-state index contributed by atoms with van der Waals surface area (Å²) < 4.78 is 1.78. The van der Waals surface area contributed by atoms with E-state index in [1.807, 2.05) is 20.1 Å². The van der Waals surface area contributed by atoms with Crippen LogP contribution >= 0.6 is 34.9 Å². The molecule has 0 atom stereocenters.